The molecular weight excluding hydrogens is 292 g/mol. The summed E-state index contributed by atoms with van der Waals surface area (Å²) in [6, 6.07) is 5.88. The molecule has 0 aliphatic heterocycles. The molecule has 0 saturated carbocycles. The molecule has 0 aromatic heterocycles. The van der Waals surface area contributed by atoms with Gasteiger partial charge in [-0.15, -0.1) is 0 Å². The average molecular weight is 313 g/mol. The van der Waals surface area contributed by atoms with Gasteiger partial charge in [0.2, 0.25) is 5.91 Å². The Morgan fingerprint density at radius 3 is 2.83 bits per heavy atom. The van der Waals surface area contributed by atoms with Crippen LogP contribution >= 0.6 is 15.9 Å². The Hall–Kier alpha value is -0.870. The van der Waals surface area contributed by atoms with Crippen LogP contribution in [0.3, 0.4) is 0 Å². The highest BCUT2D eigenvalue weighted by Gasteiger charge is 2.08. The molecule has 100 valence electrons. The number of halogens is 1. The van der Waals surface area contributed by atoms with E-state index in [0.29, 0.717) is 18.9 Å². The molecule has 1 atom stereocenters. The number of nitrogens with two attached hydrogens (primary N) is 1. The third-order valence-corrected chi connectivity index (χ3v) is 3.49. The van der Waals surface area contributed by atoms with E-state index in [-0.39, 0.29) is 5.91 Å². The molecule has 0 bridgehead atoms. The van der Waals surface area contributed by atoms with Crippen LogP contribution in [0.1, 0.15) is 31.7 Å². The molecule has 0 aliphatic rings. The van der Waals surface area contributed by atoms with Gasteiger partial charge in [0.1, 0.15) is 0 Å². The molecule has 1 aromatic rings. The highest BCUT2D eigenvalue weighted by Crippen LogP contribution is 2.21. The Morgan fingerprint density at radius 1 is 1.44 bits per heavy atom. The van der Waals surface area contributed by atoms with Crippen molar-refractivity contribution in [1.29, 1.82) is 0 Å². The van der Waals surface area contributed by atoms with Crippen molar-refractivity contribution >= 4 is 27.5 Å². The maximum absolute atomic E-state index is 11.8. The van der Waals surface area contributed by atoms with Crippen LogP contribution in [0.4, 0.5) is 5.69 Å². The fraction of sp³-hybridized carbons (Fsp3) is 0.500. The van der Waals surface area contributed by atoms with Crippen molar-refractivity contribution in [3.8, 4) is 0 Å². The first-order valence-electron chi connectivity index (χ1n) is 6.29. The Kier molecular flexibility index (Phi) is 6.36. The molecule has 0 fully saturated rings. The highest BCUT2D eigenvalue weighted by molar-refractivity contribution is 9.10. The minimum Gasteiger partial charge on any atom is -0.330 e. The van der Waals surface area contributed by atoms with Crippen molar-refractivity contribution in [1.82, 2.24) is 0 Å². The fourth-order valence-corrected chi connectivity index (χ4v) is 2.11. The molecule has 1 rings (SSSR count). The number of benzene rings is 1. The second-order valence-corrected chi connectivity index (χ2v) is 5.64. The van der Waals surface area contributed by atoms with Crippen molar-refractivity contribution in [3.05, 3.63) is 28.2 Å². The number of nitrogens with one attached hydrogen (secondary N) is 1. The third-order valence-electron chi connectivity index (χ3n) is 3.00. The topological polar surface area (TPSA) is 55.1 Å². The first-order chi connectivity index (χ1) is 8.52. The van der Waals surface area contributed by atoms with E-state index in [9.17, 15) is 4.79 Å². The van der Waals surface area contributed by atoms with Gasteiger partial charge < -0.3 is 11.1 Å². The molecule has 1 unspecified atom stereocenters. The largest absolute Gasteiger partial charge is 0.330 e. The molecule has 0 heterocycles. The van der Waals surface area contributed by atoms with Crippen molar-refractivity contribution in [3.63, 3.8) is 0 Å². The van der Waals surface area contributed by atoms with E-state index in [1.54, 1.807) is 0 Å². The molecular formula is C14H21BrN2O. The summed E-state index contributed by atoms with van der Waals surface area (Å²) >= 11 is 3.40. The zero-order valence-corrected chi connectivity index (χ0v) is 12.6. The molecule has 0 spiro atoms. The van der Waals surface area contributed by atoms with Gasteiger partial charge in [0.15, 0.2) is 0 Å². The average Bonchev–Trinajstić information content (AvgIpc) is 2.32. The van der Waals surface area contributed by atoms with Gasteiger partial charge in [-0.05, 0) is 49.9 Å². The second-order valence-electron chi connectivity index (χ2n) is 4.73. The van der Waals surface area contributed by atoms with Crippen molar-refractivity contribution in [2.24, 2.45) is 11.7 Å². The first-order valence-corrected chi connectivity index (χ1v) is 7.08. The maximum Gasteiger partial charge on any atom is 0.224 e. The number of amides is 1. The van der Waals surface area contributed by atoms with Crippen molar-refractivity contribution in [2.45, 2.75) is 33.1 Å². The van der Waals surface area contributed by atoms with E-state index in [1.807, 2.05) is 25.1 Å². The lowest BCUT2D eigenvalue weighted by atomic mass is 10.0. The molecule has 0 aliphatic carbocycles. The zero-order valence-electron chi connectivity index (χ0n) is 11.0. The lowest BCUT2D eigenvalue weighted by Gasteiger charge is -2.11. The molecule has 1 amide bonds. The molecule has 1 aromatic carbocycles. The van der Waals surface area contributed by atoms with Gasteiger partial charge in [0.25, 0.3) is 0 Å². The van der Waals surface area contributed by atoms with Gasteiger partial charge in [-0.3, -0.25) is 4.79 Å². The maximum atomic E-state index is 11.8. The van der Waals surface area contributed by atoms with E-state index in [2.05, 4.69) is 28.2 Å². The van der Waals surface area contributed by atoms with E-state index in [4.69, 9.17) is 5.73 Å². The molecule has 0 saturated heterocycles. The summed E-state index contributed by atoms with van der Waals surface area (Å²) in [5, 5.41) is 2.95. The van der Waals surface area contributed by atoms with E-state index in [0.717, 1.165) is 28.6 Å². The number of aryl methyl sites for hydroxylation is 1. The van der Waals surface area contributed by atoms with E-state index < -0.39 is 0 Å². The summed E-state index contributed by atoms with van der Waals surface area (Å²) in [7, 11) is 0. The van der Waals surface area contributed by atoms with Crippen LogP contribution in [-0.4, -0.2) is 12.5 Å². The Bertz CT molecular complexity index is 407. The molecule has 3 nitrogen and oxygen atoms in total. The Morgan fingerprint density at radius 2 is 2.17 bits per heavy atom. The predicted octanol–water partition coefficient (Wildman–Crippen LogP) is 3.46. The van der Waals surface area contributed by atoms with Crippen molar-refractivity contribution < 1.29 is 4.79 Å². The summed E-state index contributed by atoms with van der Waals surface area (Å²) in [5.74, 6) is 0.574. The molecule has 4 heteroatoms. The van der Waals surface area contributed by atoms with Gasteiger partial charge in [-0.25, -0.2) is 0 Å². The van der Waals surface area contributed by atoms with Crippen LogP contribution in [0.25, 0.3) is 0 Å². The number of carbonyl (C=O) groups is 1. The number of carbonyl (C=O) groups excluding carboxylic acids is 1. The first kappa shape index (κ1) is 15.2. The lowest BCUT2D eigenvalue weighted by Crippen LogP contribution is -2.14. The quantitative estimate of drug-likeness (QED) is 0.845. The van der Waals surface area contributed by atoms with Crippen LogP contribution in [0, 0.1) is 12.8 Å². The highest BCUT2D eigenvalue weighted by atomic mass is 79.9. The normalized spacial score (nSPS) is 12.2. The third kappa shape index (κ3) is 5.19. The SMILES string of the molecule is Cc1ccc(Br)cc1NC(=O)CCC(C)CCN. The van der Waals surface area contributed by atoms with Crippen LogP contribution in [0.2, 0.25) is 0 Å². The van der Waals surface area contributed by atoms with E-state index >= 15 is 0 Å². The van der Waals surface area contributed by atoms with Crippen LogP contribution in [0.5, 0.6) is 0 Å². The van der Waals surface area contributed by atoms with Crippen LogP contribution in [0.15, 0.2) is 22.7 Å². The smallest absolute Gasteiger partial charge is 0.224 e. The Labute approximate surface area is 117 Å². The summed E-state index contributed by atoms with van der Waals surface area (Å²) in [6.45, 7) is 4.80. The van der Waals surface area contributed by atoms with Gasteiger partial charge >= 0.3 is 0 Å². The minimum absolute atomic E-state index is 0.0695. The predicted molar refractivity (Wildman–Crippen MR) is 79.6 cm³/mol. The summed E-state index contributed by atoms with van der Waals surface area (Å²) in [5.41, 5.74) is 7.44. The number of hydrogen-bond donors (Lipinski definition) is 2. The van der Waals surface area contributed by atoms with Crippen molar-refractivity contribution in [2.75, 3.05) is 11.9 Å². The molecule has 3 N–H and O–H groups in total. The summed E-state index contributed by atoms with van der Waals surface area (Å²) < 4.78 is 0.972. The zero-order chi connectivity index (χ0) is 13.5. The molecule has 18 heavy (non-hydrogen) atoms. The number of hydrogen-bond acceptors (Lipinski definition) is 2. The van der Waals surface area contributed by atoms with Gasteiger partial charge in [0.05, 0.1) is 0 Å². The standard InChI is InChI=1S/C14H21BrN2O/c1-10(7-8-16)3-6-14(18)17-13-9-12(15)5-4-11(13)2/h4-5,9-10H,3,6-8,16H2,1-2H3,(H,17,18). The van der Waals surface area contributed by atoms with Gasteiger partial charge in [0, 0.05) is 16.6 Å². The van der Waals surface area contributed by atoms with Crippen LogP contribution < -0.4 is 11.1 Å². The Balaban J connectivity index is 2.47. The summed E-state index contributed by atoms with van der Waals surface area (Å²) in [4.78, 5) is 11.8. The van der Waals surface area contributed by atoms with Gasteiger partial charge in [-0.1, -0.05) is 28.9 Å². The minimum atomic E-state index is 0.0695. The lowest BCUT2D eigenvalue weighted by molar-refractivity contribution is -0.116. The number of anilines is 1. The summed E-state index contributed by atoms with van der Waals surface area (Å²) in [6.07, 6.45) is 2.41. The second kappa shape index (κ2) is 7.54. The number of rotatable bonds is 6. The molecule has 0 radical (unpaired) electrons. The fourth-order valence-electron chi connectivity index (χ4n) is 1.75. The monoisotopic (exact) mass is 312 g/mol. The van der Waals surface area contributed by atoms with E-state index in [1.165, 1.54) is 0 Å². The van der Waals surface area contributed by atoms with Crippen LogP contribution in [-0.2, 0) is 4.79 Å². The van der Waals surface area contributed by atoms with Gasteiger partial charge in [-0.2, -0.15) is 0 Å².